The van der Waals surface area contributed by atoms with Crippen molar-refractivity contribution in [1.82, 2.24) is 0 Å². The van der Waals surface area contributed by atoms with Crippen LogP contribution in [0.5, 0.6) is 0 Å². The minimum atomic E-state index is -0.946. The second-order valence-electron chi connectivity index (χ2n) is 5.11. The van der Waals surface area contributed by atoms with Crippen molar-refractivity contribution >= 4 is 11.6 Å². The number of hydrogen-bond donors (Lipinski definition) is 0. The third-order valence-corrected chi connectivity index (χ3v) is 3.92. The maximum absolute atomic E-state index is 12.3. The summed E-state index contributed by atoms with van der Waals surface area (Å²) in [6.45, 7) is 0. The normalized spacial score (nSPS) is 23.1. The molecule has 1 saturated carbocycles. The molecule has 1 aromatic rings. The SMILES string of the molecule is COC(OC)C(=O)C1CC(c2ccccc2)CCC1=O. The van der Waals surface area contributed by atoms with Crippen molar-refractivity contribution in [3.05, 3.63) is 35.9 Å². The molecule has 0 heterocycles. The molecule has 0 aliphatic heterocycles. The standard InChI is InChI=1S/C16H20O4/c1-19-16(20-2)15(18)13-10-12(8-9-14(13)17)11-6-4-3-5-7-11/h3-7,12-13,16H,8-10H2,1-2H3. The molecule has 1 aromatic carbocycles. The average molecular weight is 276 g/mol. The van der Waals surface area contributed by atoms with E-state index in [9.17, 15) is 9.59 Å². The molecular formula is C16H20O4. The van der Waals surface area contributed by atoms with Gasteiger partial charge in [-0.1, -0.05) is 30.3 Å². The van der Waals surface area contributed by atoms with Gasteiger partial charge in [0.05, 0.1) is 5.92 Å². The van der Waals surface area contributed by atoms with Gasteiger partial charge in [-0.3, -0.25) is 9.59 Å². The van der Waals surface area contributed by atoms with Crippen molar-refractivity contribution in [3.8, 4) is 0 Å². The van der Waals surface area contributed by atoms with Gasteiger partial charge in [0.15, 0.2) is 5.78 Å². The van der Waals surface area contributed by atoms with Gasteiger partial charge < -0.3 is 9.47 Å². The Balaban J connectivity index is 2.13. The molecule has 0 aromatic heterocycles. The molecule has 4 nitrogen and oxygen atoms in total. The highest BCUT2D eigenvalue weighted by Crippen LogP contribution is 2.35. The van der Waals surface area contributed by atoms with E-state index >= 15 is 0 Å². The molecule has 2 rings (SSSR count). The van der Waals surface area contributed by atoms with Crippen molar-refractivity contribution in [1.29, 1.82) is 0 Å². The number of benzene rings is 1. The Labute approximate surface area is 119 Å². The lowest BCUT2D eigenvalue weighted by molar-refractivity contribution is -0.163. The fraction of sp³-hybridized carbons (Fsp3) is 0.500. The number of carbonyl (C=O) groups is 2. The lowest BCUT2D eigenvalue weighted by Crippen LogP contribution is -2.38. The van der Waals surface area contributed by atoms with Crippen LogP contribution in [0.15, 0.2) is 30.3 Å². The van der Waals surface area contributed by atoms with Crippen LogP contribution in [0.1, 0.15) is 30.7 Å². The van der Waals surface area contributed by atoms with Crippen LogP contribution >= 0.6 is 0 Å². The second-order valence-corrected chi connectivity index (χ2v) is 5.11. The first kappa shape index (κ1) is 14.9. The Bertz CT molecular complexity index is 465. The van der Waals surface area contributed by atoms with E-state index in [0.717, 1.165) is 6.42 Å². The zero-order valence-electron chi connectivity index (χ0n) is 11.9. The summed E-state index contributed by atoms with van der Waals surface area (Å²) in [5.41, 5.74) is 1.18. The molecule has 0 bridgehead atoms. The number of carbonyl (C=O) groups excluding carboxylic acids is 2. The Morgan fingerprint density at radius 2 is 1.85 bits per heavy atom. The van der Waals surface area contributed by atoms with E-state index < -0.39 is 12.2 Å². The molecule has 1 aliphatic carbocycles. The molecule has 20 heavy (non-hydrogen) atoms. The van der Waals surface area contributed by atoms with Gasteiger partial charge in [-0.2, -0.15) is 0 Å². The number of Topliss-reactive ketones (excluding diaryl/α,β-unsaturated/α-hetero) is 2. The van der Waals surface area contributed by atoms with Crippen LogP contribution in [-0.2, 0) is 19.1 Å². The first-order chi connectivity index (χ1) is 9.67. The van der Waals surface area contributed by atoms with E-state index in [1.54, 1.807) is 0 Å². The summed E-state index contributed by atoms with van der Waals surface area (Å²) in [6.07, 6.45) is 0.844. The number of hydrogen-bond acceptors (Lipinski definition) is 4. The molecule has 2 unspecified atom stereocenters. The first-order valence-corrected chi connectivity index (χ1v) is 6.84. The van der Waals surface area contributed by atoms with Crippen molar-refractivity contribution in [2.75, 3.05) is 14.2 Å². The van der Waals surface area contributed by atoms with Gasteiger partial charge >= 0.3 is 0 Å². The van der Waals surface area contributed by atoms with Gasteiger partial charge in [-0.25, -0.2) is 0 Å². The zero-order valence-corrected chi connectivity index (χ0v) is 11.9. The van der Waals surface area contributed by atoms with E-state index in [2.05, 4.69) is 0 Å². The smallest absolute Gasteiger partial charge is 0.218 e. The average Bonchev–Trinajstić information content (AvgIpc) is 2.49. The van der Waals surface area contributed by atoms with E-state index in [-0.39, 0.29) is 17.5 Å². The molecular weight excluding hydrogens is 256 g/mol. The Kier molecular flexibility index (Phi) is 5.04. The summed E-state index contributed by atoms with van der Waals surface area (Å²) in [6, 6.07) is 10.0. The summed E-state index contributed by atoms with van der Waals surface area (Å²) in [4.78, 5) is 24.3. The topological polar surface area (TPSA) is 52.6 Å². The molecule has 1 fully saturated rings. The largest absolute Gasteiger partial charge is 0.349 e. The molecule has 0 amide bonds. The van der Waals surface area contributed by atoms with Gasteiger partial charge in [-0.15, -0.1) is 0 Å². The van der Waals surface area contributed by atoms with Crippen LogP contribution in [-0.4, -0.2) is 32.1 Å². The maximum atomic E-state index is 12.3. The summed E-state index contributed by atoms with van der Waals surface area (Å²) < 4.78 is 9.96. The summed E-state index contributed by atoms with van der Waals surface area (Å²) in [7, 11) is 2.82. The molecule has 4 heteroatoms. The highest BCUT2D eigenvalue weighted by molar-refractivity contribution is 6.04. The van der Waals surface area contributed by atoms with Crippen molar-refractivity contribution < 1.29 is 19.1 Å². The van der Waals surface area contributed by atoms with E-state index in [1.165, 1.54) is 19.8 Å². The van der Waals surface area contributed by atoms with Crippen LogP contribution in [0, 0.1) is 5.92 Å². The van der Waals surface area contributed by atoms with Gasteiger partial charge in [0.2, 0.25) is 6.29 Å². The highest BCUT2D eigenvalue weighted by atomic mass is 16.7. The van der Waals surface area contributed by atoms with Crippen LogP contribution in [0.3, 0.4) is 0 Å². The quantitative estimate of drug-likeness (QED) is 0.612. The lowest BCUT2D eigenvalue weighted by atomic mass is 9.75. The fourth-order valence-corrected chi connectivity index (χ4v) is 2.82. The van der Waals surface area contributed by atoms with Gasteiger partial charge in [-0.05, 0) is 24.3 Å². The minimum absolute atomic E-state index is 0.00119. The third-order valence-electron chi connectivity index (χ3n) is 3.92. The second kappa shape index (κ2) is 6.77. The van der Waals surface area contributed by atoms with E-state index in [4.69, 9.17) is 9.47 Å². The zero-order chi connectivity index (χ0) is 14.5. The van der Waals surface area contributed by atoms with Gasteiger partial charge in [0.25, 0.3) is 0 Å². The van der Waals surface area contributed by atoms with Crippen molar-refractivity contribution in [2.45, 2.75) is 31.5 Å². The summed E-state index contributed by atoms with van der Waals surface area (Å²) in [5.74, 6) is -0.627. The molecule has 0 N–H and O–H groups in total. The van der Waals surface area contributed by atoms with Crippen LogP contribution < -0.4 is 0 Å². The Hall–Kier alpha value is -1.52. The highest BCUT2D eigenvalue weighted by Gasteiger charge is 2.37. The number of ether oxygens (including phenoxy) is 2. The summed E-state index contributed by atoms with van der Waals surface area (Å²) in [5, 5.41) is 0. The van der Waals surface area contributed by atoms with Gasteiger partial charge in [0.1, 0.15) is 5.78 Å². The molecule has 0 radical (unpaired) electrons. The van der Waals surface area contributed by atoms with Crippen molar-refractivity contribution in [2.24, 2.45) is 5.92 Å². The fourth-order valence-electron chi connectivity index (χ4n) is 2.82. The molecule has 0 saturated heterocycles. The monoisotopic (exact) mass is 276 g/mol. The van der Waals surface area contributed by atoms with Crippen LogP contribution in [0.2, 0.25) is 0 Å². The van der Waals surface area contributed by atoms with Crippen LogP contribution in [0.25, 0.3) is 0 Å². The molecule has 2 atom stereocenters. The predicted molar refractivity (Wildman–Crippen MR) is 74.3 cm³/mol. The first-order valence-electron chi connectivity index (χ1n) is 6.84. The number of methoxy groups -OCH3 is 2. The summed E-state index contributed by atoms with van der Waals surface area (Å²) >= 11 is 0. The lowest BCUT2D eigenvalue weighted by Gasteiger charge is -2.29. The third kappa shape index (κ3) is 3.14. The predicted octanol–water partition coefficient (Wildman–Crippen LogP) is 2.33. The molecule has 0 spiro atoms. The van der Waals surface area contributed by atoms with Crippen molar-refractivity contribution in [3.63, 3.8) is 0 Å². The van der Waals surface area contributed by atoms with Gasteiger partial charge in [0, 0.05) is 20.6 Å². The molecule has 1 aliphatic rings. The van der Waals surface area contributed by atoms with E-state index in [0.29, 0.717) is 12.8 Å². The molecule has 108 valence electrons. The Morgan fingerprint density at radius 1 is 1.20 bits per heavy atom. The van der Waals surface area contributed by atoms with E-state index in [1.807, 2.05) is 30.3 Å². The number of ketones is 2. The Morgan fingerprint density at radius 3 is 2.45 bits per heavy atom. The minimum Gasteiger partial charge on any atom is -0.349 e. The van der Waals surface area contributed by atoms with Crippen LogP contribution in [0.4, 0.5) is 0 Å². The maximum Gasteiger partial charge on any atom is 0.218 e. The number of rotatable bonds is 5.